The van der Waals surface area contributed by atoms with Crippen LogP contribution in [0.1, 0.15) is 44.6 Å². The van der Waals surface area contributed by atoms with Gasteiger partial charge in [0.15, 0.2) is 0 Å². The largest absolute Gasteiger partial charge is 0.342 e. The minimum atomic E-state index is -3.20. The van der Waals surface area contributed by atoms with Gasteiger partial charge in [0.2, 0.25) is 15.9 Å². The van der Waals surface area contributed by atoms with Crippen molar-refractivity contribution in [3.8, 4) is 0 Å². The molecule has 1 saturated heterocycles. The smallest absolute Gasteiger partial charge is 0.226 e. The van der Waals surface area contributed by atoms with E-state index in [1.807, 2.05) is 22.7 Å². The summed E-state index contributed by atoms with van der Waals surface area (Å²) in [6.07, 6.45) is 5.52. The van der Waals surface area contributed by atoms with Crippen molar-refractivity contribution in [2.24, 2.45) is 11.8 Å². The first kappa shape index (κ1) is 20.9. The molecule has 2 aliphatic heterocycles. The van der Waals surface area contributed by atoms with Crippen LogP contribution < -0.4 is 4.72 Å². The molecule has 0 bridgehead atoms. The molecule has 3 aliphatic rings. The first-order valence-electron chi connectivity index (χ1n) is 10.4. The fraction of sp³-hybridized carbons (Fsp3) is 0.591. The molecule has 1 amide bonds. The average Bonchev–Trinajstić information content (AvgIpc) is 3.43. The molecular formula is C22H30N2O3S2. The number of nitrogens with zero attached hydrogens (tertiary/aromatic N) is 1. The van der Waals surface area contributed by atoms with Crippen molar-refractivity contribution in [1.29, 1.82) is 0 Å². The number of hydrogen-bond donors (Lipinski definition) is 1. The minimum absolute atomic E-state index is 0.0571. The zero-order valence-electron chi connectivity index (χ0n) is 17.1. The maximum Gasteiger partial charge on any atom is 0.226 e. The molecule has 1 N–H and O–H groups in total. The van der Waals surface area contributed by atoms with E-state index in [9.17, 15) is 13.2 Å². The number of rotatable bonds is 5. The average molecular weight is 435 g/mol. The third-order valence-electron chi connectivity index (χ3n) is 6.47. The van der Waals surface area contributed by atoms with Crippen LogP contribution in [0.25, 0.3) is 5.57 Å². The topological polar surface area (TPSA) is 66.5 Å². The summed E-state index contributed by atoms with van der Waals surface area (Å²) in [4.78, 5) is 15.1. The van der Waals surface area contributed by atoms with Gasteiger partial charge in [0.1, 0.15) is 0 Å². The Morgan fingerprint density at radius 1 is 1.21 bits per heavy atom. The van der Waals surface area contributed by atoms with Crippen molar-refractivity contribution < 1.29 is 13.2 Å². The van der Waals surface area contributed by atoms with E-state index in [1.54, 1.807) is 0 Å². The van der Waals surface area contributed by atoms with Crippen LogP contribution in [0.2, 0.25) is 0 Å². The highest BCUT2D eigenvalue weighted by Crippen LogP contribution is 2.59. The number of allylic oxidation sites excluding steroid dienone is 1. The zero-order chi connectivity index (χ0) is 20.6. The van der Waals surface area contributed by atoms with E-state index in [1.165, 1.54) is 17.4 Å². The molecule has 1 aromatic carbocycles. The van der Waals surface area contributed by atoms with Crippen LogP contribution in [-0.2, 0) is 14.8 Å². The lowest BCUT2D eigenvalue weighted by atomic mass is 9.92. The lowest BCUT2D eigenvalue weighted by molar-refractivity contribution is -0.133. The van der Waals surface area contributed by atoms with E-state index in [4.69, 9.17) is 0 Å². The Labute approximate surface area is 178 Å². The lowest BCUT2D eigenvalue weighted by Gasteiger charge is -2.26. The molecule has 0 radical (unpaired) electrons. The maximum absolute atomic E-state index is 13.1. The van der Waals surface area contributed by atoms with Gasteiger partial charge in [0.25, 0.3) is 0 Å². The normalized spacial score (nSPS) is 32.6. The van der Waals surface area contributed by atoms with E-state index in [0.717, 1.165) is 32.2 Å². The quantitative estimate of drug-likeness (QED) is 0.770. The van der Waals surface area contributed by atoms with Gasteiger partial charge in [0.05, 0.1) is 6.26 Å². The van der Waals surface area contributed by atoms with Crippen molar-refractivity contribution in [2.45, 2.75) is 49.8 Å². The maximum atomic E-state index is 13.1. The fourth-order valence-corrected chi connectivity index (χ4v) is 6.97. The predicted molar refractivity (Wildman–Crippen MR) is 119 cm³/mol. The fourth-order valence-electron chi connectivity index (χ4n) is 4.82. The van der Waals surface area contributed by atoms with Crippen LogP contribution in [0.4, 0.5) is 0 Å². The predicted octanol–water partition coefficient (Wildman–Crippen LogP) is 3.49. The third kappa shape index (κ3) is 4.89. The third-order valence-corrected chi connectivity index (χ3v) is 8.62. The number of amides is 1. The summed E-state index contributed by atoms with van der Waals surface area (Å²) in [5.41, 5.74) is 2.66. The number of carbonyl (C=O) groups is 1. The second-order valence-electron chi connectivity index (χ2n) is 8.91. The molecule has 4 rings (SSSR count). The number of benzene rings is 1. The van der Waals surface area contributed by atoms with Gasteiger partial charge in [-0.1, -0.05) is 30.3 Å². The van der Waals surface area contributed by atoms with Crippen molar-refractivity contribution in [2.75, 3.05) is 19.3 Å². The molecule has 2 heterocycles. The van der Waals surface area contributed by atoms with E-state index < -0.39 is 10.0 Å². The Morgan fingerprint density at radius 3 is 2.69 bits per heavy atom. The molecule has 2 fully saturated rings. The molecule has 5 nitrogen and oxygen atoms in total. The lowest BCUT2D eigenvalue weighted by Crippen LogP contribution is -2.37. The zero-order valence-corrected chi connectivity index (χ0v) is 18.8. The number of thioether (sulfide) groups is 1. The molecule has 0 spiro atoms. The van der Waals surface area contributed by atoms with Crippen LogP contribution in [0.15, 0.2) is 35.7 Å². The first-order chi connectivity index (χ1) is 13.8. The van der Waals surface area contributed by atoms with Gasteiger partial charge < -0.3 is 4.90 Å². The van der Waals surface area contributed by atoms with Crippen molar-refractivity contribution >= 4 is 33.3 Å². The molecule has 4 atom stereocenters. The molecule has 4 unspecified atom stereocenters. The number of sulfonamides is 1. The Balaban J connectivity index is 1.33. The van der Waals surface area contributed by atoms with Gasteiger partial charge in [-0.2, -0.15) is 0 Å². The number of nitrogens with one attached hydrogen (secondary N) is 1. The highest BCUT2D eigenvalue weighted by Gasteiger charge is 2.56. The Morgan fingerprint density at radius 2 is 1.97 bits per heavy atom. The summed E-state index contributed by atoms with van der Waals surface area (Å²) >= 11 is 1.89. The van der Waals surface area contributed by atoms with Crippen LogP contribution in [0.3, 0.4) is 0 Å². The van der Waals surface area contributed by atoms with Gasteiger partial charge in [-0.05, 0) is 61.5 Å². The summed E-state index contributed by atoms with van der Waals surface area (Å²) in [5.74, 6) is 0.811. The summed E-state index contributed by atoms with van der Waals surface area (Å²) in [7, 11) is -3.20. The van der Waals surface area contributed by atoms with Gasteiger partial charge in [-0.25, -0.2) is 13.1 Å². The van der Waals surface area contributed by atoms with Crippen LogP contribution in [-0.4, -0.2) is 49.4 Å². The number of carbonyl (C=O) groups excluding carboxylic acids is 1. The molecule has 1 aromatic rings. The summed E-state index contributed by atoms with van der Waals surface area (Å²) in [5, 5.41) is 2.28. The number of hydrogen-bond acceptors (Lipinski definition) is 4. The van der Waals surface area contributed by atoms with Gasteiger partial charge >= 0.3 is 0 Å². The molecule has 158 valence electrons. The minimum Gasteiger partial charge on any atom is -0.342 e. The van der Waals surface area contributed by atoms with Crippen LogP contribution >= 0.6 is 11.8 Å². The molecule has 7 heteroatoms. The summed E-state index contributed by atoms with van der Waals surface area (Å²) in [6, 6.07) is 10.4. The van der Waals surface area contributed by atoms with Crippen molar-refractivity contribution in [3.63, 3.8) is 0 Å². The Hall–Kier alpha value is -1.31. The molecule has 0 aromatic heterocycles. The van der Waals surface area contributed by atoms with E-state index >= 15 is 0 Å². The van der Waals surface area contributed by atoms with Crippen molar-refractivity contribution in [1.82, 2.24) is 9.62 Å². The monoisotopic (exact) mass is 434 g/mol. The molecule has 1 saturated carbocycles. The van der Waals surface area contributed by atoms with E-state index in [2.05, 4.69) is 41.3 Å². The number of likely N-dealkylation sites (tertiary alicyclic amines) is 1. The van der Waals surface area contributed by atoms with Gasteiger partial charge in [0, 0.05) is 29.8 Å². The highest BCUT2D eigenvalue weighted by atomic mass is 32.2. The highest BCUT2D eigenvalue weighted by molar-refractivity contribution is 8.04. The van der Waals surface area contributed by atoms with E-state index in [-0.39, 0.29) is 22.6 Å². The van der Waals surface area contributed by atoms with Crippen LogP contribution in [0, 0.1) is 11.8 Å². The second-order valence-corrected chi connectivity index (χ2v) is 12.1. The summed E-state index contributed by atoms with van der Waals surface area (Å²) < 4.78 is 25.8. The SMILES string of the molecule is CC1(C2CC2C(=O)N2CCCC(NS(C)(=O)=O)CC2)CC(c2ccccc2)=CS1. The molecular weight excluding hydrogens is 404 g/mol. The van der Waals surface area contributed by atoms with Gasteiger partial charge in [-0.3, -0.25) is 4.79 Å². The van der Waals surface area contributed by atoms with E-state index in [0.29, 0.717) is 18.9 Å². The standard InChI is InChI=1S/C22H30N2O3S2/c1-22(14-17(15-28-22)16-7-4-3-5-8-16)20-13-19(20)21(25)24-11-6-9-18(10-12-24)23-29(2,26)27/h3-5,7-8,15,18-20,23H,6,9-14H2,1-2H3. The Bertz CT molecular complexity index is 900. The molecule has 1 aliphatic carbocycles. The molecule has 29 heavy (non-hydrogen) atoms. The first-order valence-corrected chi connectivity index (χ1v) is 13.2. The van der Waals surface area contributed by atoms with Crippen molar-refractivity contribution in [3.05, 3.63) is 41.3 Å². The summed E-state index contributed by atoms with van der Waals surface area (Å²) in [6.45, 7) is 3.69. The van der Waals surface area contributed by atoms with Crippen LogP contribution in [0.5, 0.6) is 0 Å². The van der Waals surface area contributed by atoms with Gasteiger partial charge in [-0.15, -0.1) is 11.8 Å². The second kappa shape index (κ2) is 8.08. The Kier molecular flexibility index (Phi) is 5.84.